The van der Waals surface area contributed by atoms with Crippen LogP contribution >= 0.6 is 39.0 Å². The van der Waals surface area contributed by atoms with Crippen LogP contribution in [0.1, 0.15) is 43.7 Å². The fraction of sp³-hybridized carbons (Fsp3) is 0.258. The third kappa shape index (κ3) is 5.99. The number of fused-ring (bicyclic) bond motifs is 1. The molecule has 5 rings (SSSR count). The zero-order valence-electron chi connectivity index (χ0n) is 23.7. The van der Waals surface area contributed by atoms with Crippen molar-refractivity contribution in [2.75, 3.05) is 20.3 Å². The van der Waals surface area contributed by atoms with E-state index in [9.17, 15) is 9.59 Å². The van der Waals surface area contributed by atoms with Crippen molar-refractivity contribution in [3.63, 3.8) is 0 Å². The van der Waals surface area contributed by atoms with Crippen molar-refractivity contribution < 1.29 is 23.4 Å². The number of nitrogens with zero attached hydrogens (tertiary/aromatic N) is 2. The molecular weight excluding hydrogens is 640 g/mol. The number of furan rings is 1. The number of hydrogen-bond donors (Lipinski definition) is 0. The number of halogens is 1. The van der Waals surface area contributed by atoms with Gasteiger partial charge in [-0.15, -0.1) is 0 Å². The lowest BCUT2D eigenvalue weighted by Gasteiger charge is -2.26. The first-order valence-corrected chi connectivity index (χ1v) is 15.7. The lowest BCUT2D eigenvalue weighted by molar-refractivity contribution is -0.139. The molecule has 2 aromatic heterocycles. The van der Waals surface area contributed by atoms with Crippen LogP contribution in [0.15, 0.2) is 88.5 Å². The Morgan fingerprint density at radius 1 is 1.12 bits per heavy atom. The number of methoxy groups -OCH3 is 1. The topological polar surface area (TPSA) is 92.3 Å². The first-order valence-electron chi connectivity index (χ1n) is 13.3. The van der Waals surface area contributed by atoms with Crippen LogP contribution in [0.2, 0.25) is 0 Å². The maximum atomic E-state index is 14.0. The summed E-state index contributed by atoms with van der Waals surface area (Å²) in [4.78, 5) is 33.4. The fourth-order valence-electron chi connectivity index (χ4n) is 4.59. The maximum absolute atomic E-state index is 14.0. The largest absolute Gasteiger partial charge is 0.493 e. The minimum Gasteiger partial charge on any atom is -0.493 e. The van der Waals surface area contributed by atoms with Crippen LogP contribution in [-0.4, -0.2) is 30.9 Å². The minimum absolute atomic E-state index is 0.182. The molecule has 1 atom stereocenters. The highest BCUT2D eigenvalue weighted by molar-refractivity contribution is 9.10. The van der Waals surface area contributed by atoms with Crippen molar-refractivity contribution in [2.24, 2.45) is 4.99 Å². The van der Waals surface area contributed by atoms with Crippen LogP contribution in [-0.2, 0) is 9.53 Å². The average Bonchev–Trinajstić information content (AvgIpc) is 3.53. The number of benzene rings is 2. The van der Waals surface area contributed by atoms with Gasteiger partial charge in [0.1, 0.15) is 5.76 Å². The first-order chi connectivity index (χ1) is 20.2. The average molecular weight is 670 g/mol. The summed E-state index contributed by atoms with van der Waals surface area (Å²) in [5.74, 6) is 1.01. The molecule has 2 aromatic carbocycles. The molecule has 42 heavy (non-hydrogen) atoms. The van der Waals surface area contributed by atoms with Gasteiger partial charge in [0, 0.05) is 15.4 Å². The number of allylic oxidation sites excluding steroid dienone is 1. The zero-order chi connectivity index (χ0) is 30.0. The van der Waals surface area contributed by atoms with Gasteiger partial charge in [-0.2, -0.15) is 0 Å². The van der Waals surface area contributed by atoms with Crippen LogP contribution < -0.4 is 24.4 Å². The number of aromatic nitrogens is 1. The van der Waals surface area contributed by atoms with Gasteiger partial charge >= 0.3 is 5.97 Å². The van der Waals surface area contributed by atoms with Gasteiger partial charge in [0.15, 0.2) is 21.4 Å². The molecule has 0 fully saturated rings. The molecule has 218 valence electrons. The highest BCUT2D eigenvalue weighted by atomic mass is 79.9. The summed E-state index contributed by atoms with van der Waals surface area (Å²) in [5, 5.41) is 0.710. The third-order valence-electron chi connectivity index (χ3n) is 6.51. The molecule has 0 saturated heterocycles. The number of rotatable bonds is 9. The second-order valence-corrected chi connectivity index (χ2v) is 12.3. The Bertz CT molecular complexity index is 1850. The molecule has 0 radical (unpaired) electrons. The molecular formula is C31H29BrN2O6S2. The van der Waals surface area contributed by atoms with Crippen LogP contribution in [0, 0.1) is 6.92 Å². The normalized spacial score (nSPS) is 14.9. The summed E-state index contributed by atoms with van der Waals surface area (Å²) in [6.07, 6.45) is 1.71. The standard InChI is InChI=1S/C31H29BrN2O6S2/c1-6-38-24-16-22(32)21(15-23(24)37-5)28-27(30(36)39-7-2)18(4)33-31-34(28)29(35)25(42-31)14-19-10-13-26(40-19)41-20-11-8-17(3)9-12-20/h8-16,28H,6-7H2,1-5H3/b25-14+/t28-/m0/s1. The monoisotopic (exact) mass is 668 g/mol. The number of hydrogen-bond acceptors (Lipinski definition) is 9. The van der Waals surface area contributed by atoms with Crippen molar-refractivity contribution in [1.29, 1.82) is 0 Å². The molecule has 0 saturated carbocycles. The summed E-state index contributed by atoms with van der Waals surface area (Å²) in [7, 11) is 1.54. The van der Waals surface area contributed by atoms with Gasteiger partial charge in [0.05, 0.1) is 42.2 Å². The van der Waals surface area contributed by atoms with Gasteiger partial charge in [0.2, 0.25) is 0 Å². The molecule has 0 aliphatic carbocycles. The zero-order valence-corrected chi connectivity index (χ0v) is 26.9. The second-order valence-electron chi connectivity index (χ2n) is 9.33. The Labute approximate surface area is 259 Å². The molecule has 4 aromatic rings. The molecule has 0 amide bonds. The van der Waals surface area contributed by atoms with Gasteiger partial charge in [-0.25, -0.2) is 9.79 Å². The second kappa shape index (κ2) is 12.8. The van der Waals surface area contributed by atoms with Crippen molar-refractivity contribution in [2.45, 2.75) is 43.7 Å². The molecule has 8 nitrogen and oxygen atoms in total. The molecule has 0 bridgehead atoms. The Hall–Kier alpha value is -3.54. The van der Waals surface area contributed by atoms with E-state index < -0.39 is 12.0 Å². The van der Waals surface area contributed by atoms with Gasteiger partial charge in [-0.1, -0.05) is 56.7 Å². The Morgan fingerprint density at radius 2 is 1.88 bits per heavy atom. The van der Waals surface area contributed by atoms with Crippen LogP contribution in [0.5, 0.6) is 11.5 Å². The molecule has 0 spiro atoms. The predicted molar refractivity (Wildman–Crippen MR) is 166 cm³/mol. The van der Waals surface area contributed by atoms with Gasteiger partial charge in [-0.05, 0) is 69.7 Å². The maximum Gasteiger partial charge on any atom is 0.338 e. The Morgan fingerprint density at radius 3 is 2.57 bits per heavy atom. The number of aryl methyl sites for hydroxylation is 1. The Kier molecular flexibility index (Phi) is 9.10. The van der Waals surface area contributed by atoms with E-state index in [4.69, 9.17) is 18.6 Å². The number of carbonyl (C=O) groups is 1. The molecule has 1 aliphatic heterocycles. The molecule has 3 heterocycles. The first kappa shape index (κ1) is 29.9. The molecule has 11 heteroatoms. The van der Waals surface area contributed by atoms with Gasteiger partial charge in [-0.3, -0.25) is 9.36 Å². The highest BCUT2D eigenvalue weighted by Gasteiger charge is 2.35. The fourth-order valence-corrected chi connectivity index (χ4v) is 6.94. The summed E-state index contributed by atoms with van der Waals surface area (Å²) >= 11 is 6.38. The number of ether oxygens (including phenoxy) is 3. The summed E-state index contributed by atoms with van der Waals surface area (Å²) in [6, 6.07) is 14.6. The number of thiazole rings is 1. The smallest absolute Gasteiger partial charge is 0.338 e. The quantitative estimate of drug-likeness (QED) is 0.201. The lowest BCUT2D eigenvalue weighted by Crippen LogP contribution is -2.40. The molecule has 1 aliphatic rings. The van der Waals surface area contributed by atoms with Crippen LogP contribution in [0.4, 0.5) is 0 Å². The summed E-state index contributed by atoms with van der Waals surface area (Å²) in [5.41, 5.74) is 2.26. The van der Waals surface area contributed by atoms with E-state index in [0.29, 0.717) is 54.0 Å². The number of esters is 1. The van der Waals surface area contributed by atoms with E-state index in [0.717, 1.165) is 4.90 Å². The van der Waals surface area contributed by atoms with Crippen LogP contribution in [0.3, 0.4) is 0 Å². The lowest BCUT2D eigenvalue weighted by atomic mass is 9.95. The number of carbonyl (C=O) groups excluding carboxylic acids is 1. The van der Waals surface area contributed by atoms with Gasteiger partial charge in [0.25, 0.3) is 5.56 Å². The van der Waals surface area contributed by atoms with E-state index in [-0.39, 0.29) is 17.7 Å². The molecule has 0 unspecified atom stereocenters. The van der Waals surface area contributed by atoms with Crippen molar-refractivity contribution in [3.05, 3.63) is 101 Å². The summed E-state index contributed by atoms with van der Waals surface area (Å²) in [6.45, 7) is 8.04. The van der Waals surface area contributed by atoms with E-state index in [1.807, 2.05) is 50.2 Å². The van der Waals surface area contributed by atoms with Crippen molar-refractivity contribution in [3.8, 4) is 11.5 Å². The van der Waals surface area contributed by atoms with E-state index >= 15 is 0 Å². The van der Waals surface area contributed by atoms with Crippen molar-refractivity contribution in [1.82, 2.24) is 4.57 Å². The van der Waals surface area contributed by atoms with Crippen molar-refractivity contribution >= 4 is 51.1 Å². The predicted octanol–water partition coefficient (Wildman–Crippen LogP) is 6.02. The van der Waals surface area contributed by atoms with E-state index in [1.165, 1.54) is 33.2 Å². The molecule has 0 N–H and O–H groups in total. The third-order valence-corrected chi connectivity index (χ3v) is 9.11. The summed E-state index contributed by atoms with van der Waals surface area (Å²) < 4.78 is 25.4. The highest BCUT2D eigenvalue weighted by Crippen LogP contribution is 2.41. The van der Waals surface area contributed by atoms with E-state index in [1.54, 1.807) is 39.2 Å². The Balaban J connectivity index is 1.62. The van der Waals surface area contributed by atoms with Crippen LogP contribution in [0.25, 0.3) is 6.08 Å². The SMILES string of the molecule is CCOC(=O)C1=C(C)N=c2s/c(=C/c3ccc(Sc4ccc(C)cc4)o3)c(=O)n2[C@H]1c1cc(OC)c(OCC)cc1Br. The minimum atomic E-state index is -0.814. The van der Waals surface area contributed by atoms with E-state index in [2.05, 4.69) is 20.9 Å². The van der Waals surface area contributed by atoms with Gasteiger partial charge < -0.3 is 18.6 Å².